The molecular formula is C24H47N2O2+. The first-order valence-corrected chi connectivity index (χ1v) is 11.8. The molecule has 7 unspecified atom stereocenters. The van der Waals surface area contributed by atoms with Crippen LogP contribution in [0.2, 0.25) is 0 Å². The van der Waals surface area contributed by atoms with Gasteiger partial charge in [0.2, 0.25) is 6.04 Å². The molecular weight excluding hydrogens is 348 g/mol. The summed E-state index contributed by atoms with van der Waals surface area (Å²) in [7, 11) is 1.67. The third-order valence-corrected chi connectivity index (χ3v) is 9.19. The quantitative estimate of drug-likeness (QED) is 0.521. The molecule has 0 amide bonds. The molecule has 0 saturated heterocycles. The largest absolute Gasteiger partial charge is 0.393 e. The standard InChI is InChI=1S/C24H47N2O2/c1-17(2)11-14-22(5)20(10-8-9-18(3)27)12-15-23(6)21(19(4)26(7)28)13-16-24(22,23)25/h17-21,27H,8-16,25H2,1-7H3/q+1. The molecule has 2 aliphatic rings. The Labute approximate surface area is 173 Å². The van der Waals surface area contributed by atoms with Crippen molar-refractivity contribution in [1.29, 1.82) is 0 Å². The van der Waals surface area contributed by atoms with E-state index in [0.29, 0.717) is 17.8 Å². The third kappa shape index (κ3) is 4.05. The summed E-state index contributed by atoms with van der Waals surface area (Å²) in [6.07, 6.45) is 9.72. The number of aliphatic hydroxyl groups is 1. The van der Waals surface area contributed by atoms with Crippen molar-refractivity contribution in [2.75, 3.05) is 7.05 Å². The molecule has 2 rings (SSSR count). The summed E-state index contributed by atoms with van der Waals surface area (Å²) in [5.41, 5.74) is 7.35. The lowest BCUT2D eigenvalue weighted by molar-refractivity contribution is -0.567. The van der Waals surface area contributed by atoms with E-state index in [0.717, 1.165) is 43.3 Å². The maximum atomic E-state index is 12.1. The summed E-state index contributed by atoms with van der Waals surface area (Å²) >= 11 is 0. The molecule has 0 aromatic heterocycles. The average molecular weight is 396 g/mol. The first kappa shape index (κ1) is 23.8. The van der Waals surface area contributed by atoms with Gasteiger partial charge < -0.3 is 10.8 Å². The minimum absolute atomic E-state index is 0.0246. The van der Waals surface area contributed by atoms with Gasteiger partial charge in [0.05, 0.1) is 6.10 Å². The molecule has 0 spiro atoms. The van der Waals surface area contributed by atoms with Crippen molar-refractivity contribution in [2.45, 2.75) is 117 Å². The van der Waals surface area contributed by atoms with Crippen LogP contribution in [-0.4, -0.2) is 34.6 Å². The Hall–Kier alpha value is -0.480. The van der Waals surface area contributed by atoms with Gasteiger partial charge in [-0.3, -0.25) is 0 Å². The lowest BCUT2D eigenvalue weighted by atomic mass is 9.45. The van der Waals surface area contributed by atoms with E-state index in [9.17, 15) is 10.0 Å². The second kappa shape index (κ2) is 8.71. The fourth-order valence-electron chi connectivity index (χ4n) is 6.99. The highest BCUT2D eigenvalue weighted by molar-refractivity contribution is 5.20. The zero-order valence-corrected chi connectivity index (χ0v) is 19.6. The minimum atomic E-state index is -0.216. The van der Waals surface area contributed by atoms with Crippen LogP contribution in [0.1, 0.15) is 99.3 Å². The van der Waals surface area contributed by atoms with Crippen molar-refractivity contribution in [3.05, 3.63) is 4.91 Å². The van der Waals surface area contributed by atoms with Crippen LogP contribution in [-0.2, 0) is 0 Å². The van der Waals surface area contributed by atoms with Gasteiger partial charge in [-0.2, -0.15) is 0 Å². The third-order valence-electron chi connectivity index (χ3n) is 9.19. The normalized spacial score (nSPS) is 40.4. The summed E-state index contributed by atoms with van der Waals surface area (Å²) in [5.74, 6) is 1.66. The van der Waals surface area contributed by atoms with Gasteiger partial charge in [0.25, 0.3) is 0 Å². The van der Waals surface area contributed by atoms with Crippen LogP contribution in [0.15, 0.2) is 0 Å². The van der Waals surface area contributed by atoms with Gasteiger partial charge in [-0.05, 0) is 79.3 Å². The van der Waals surface area contributed by atoms with Crippen LogP contribution in [0.3, 0.4) is 0 Å². The summed E-state index contributed by atoms with van der Waals surface area (Å²) in [4.78, 5) is 12.1. The van der Waals surface area contributed by atoms with Crippen molar-refractivity contribution in [1.82, 2.24) is 0 Å². The highest BCUT2D eigenvalue weighted by atomic mass is 16.3. The Morgan fingerprint density at radius 1 is 1.11 bits per heavy atom. The summed E-state index contributed by atoms with van der Waals surface area (Å²) in [6.45, 7) is 13.5. The maximum Gasteiger partial charge on any atom is 0.201 e. The minimum Gasteiger partial charge on any atom is -0.393 e. The Balaban J connectivity index is 2.35. The smallest absolute Gasteiger partial charge is 0.201 e. The van der Waals surface area contributed by atoms with E-state index in [2.05, 4.69) is 34.6 Å². The number of fused-ring (bicyclic) bond motifs is 1. The number of hydrogen-bond acceptors (Lipinski definition) is 3. The molecule has 0 aliphatic heterocycles. The Kier molecular flexibility index (Phi) is 7.41. The van der Waals surface area contributed by atoms with Gasteiger partial charge in [-0.15, -0.1) is 0 Å². The molecule has 2 fully saturated rings. The molecule has 0 radical (unpaired) electrons. The highest BCUT2D eigenvalue weighted by Gasteiger charge is 2.68. The molecule has 0 heterocycles. The Bertz CT molecular complexity index is 549. The van der Waals surface area contributed by atoms with E-state index >= 15 is 0 Å². The van der Waals surface area contributed by atoms with Gasteiger partial charge >= 0.3 is 0 Å². The molecule has 28 heavy (non-hydrogen) atoms. The summed E-state index contributed by atoms with van der Waals surface area (Å²) in [6, 6.07) is 0.0246. The summed E-state index contributed by atoms with van der Waals surface area (Å²) in [5, 5.41) is 9.72. The number of rotatable bonds is 9. The lowest BCUT2D eigenvalue weighted by Crippen LogP contribution is -2.68. The van der Waals surface area contributed by atoms with Crippen molar-refractivity contribution >= 4 is 0 Å². The number of hydrogen-bond donors (Lipinski definition) is 2. The topological polar surface area (TPSA) is 66.3 Å². The van der Waals surface area contributed by atoms with E-state index in [1.165, 1.54) is 19.3 Å². The van der Waals surface area contributed by atoms with Gasteiger partial charge in [-0.1, -0.05) is 40.5 Å². The van der Waals surface area contributed by atoms with Crippen molar-refractivity contribution in [3.63, 3.8) is 0 Å². The molecule has 2 saturated carbocycles. The zero-order valence-electron chi connectivity index (χ0n) is 19.6. The van der Waals surface area contributed by atoms with Crippen LogP contribution in [0.25, 0.3) is 0 Å². The SMILES string of the molecule is CC(C)CCC1(C)C(CCCC(C)O)CCC2(C)C(C(C)[N+](C)=O)CCC12N. The first-order valence-electron chi connectivity index (χ1n) is 11.8. The zero-order chi connectivity index (χ0) is 21.3. The number of nitrogens with zero attached hydrogens (tertiary/aromatic N) is 1. The predicted molar refractivity (Wildman–Crippen MR) is 117 cm³/mol. The number of nitrogens with two attached hydrogens (primary N) is 1. The van der Waals surface area contributed by atoms with E-state index < -0.39 is 0 Å². The molecule has 3 N–H and O–H groups in total. The van der Waals surface area contributed by atoms with Crippen LogP contribution in [0.5, 0.6) is 0 Å². The van der Waals surface area contributed by atoms with Gasteiger partial charge in [0, 0.05) is 23.3 Å². The monoisotopic (exact) mass is 395 g/mol. The molecule has 164 valence electrons. The Morgan fingerprint density at radius 2 is 1.75 bits per heavy atom. The lowest BCUT2D eigenvalue weighted by Gasteiger charge is -2.62. The van der Waals surface area contributed by atoms with Gasteiger partial charge in [0.15, 0.2) is 7.05 Å². The molecule has 4 heteroatoms. The van der Waals surface area contributed by atoms with E-state index in [1.807, 2.05) is 6.92 Å². The average Bonchev–Trinajstić information content (AvgIpc) is 2.87. The van der Waals surface area contributed by atoms with Crippen molar-refractivity contribution in [3.8, 4) is 0 Å². The van der Waals surface area contributed by atoms with Crippen molar-refractivity contribution < 1.29 is 9.87 Å². The van der Waals surface area contributed by atoms with Gasteiger partial charge in [0.1, 0.15) is 0 Å². The van der Waals surface area contributed by atoms with Crippen molar-refractivity contribution in [2.24, 2.45) is 34.3 Å². The van der Waals surface area contributed by atoms with E-state index in [-0.39, 0.29) is 28.5 Å². The molecule has 0 bridgehead atoms. The fraction of sp³-hybridized carbons (Fsp3) is 1.00. The maximum absolute atomic E-state index is 12.1. The Morgan fingerprint density at radius 3 is 2.29 bits per heavy atom. The number of aliphatic hydroxyl groups excluding tert-OH is 1. The first-order chi connectivity index (χ1) is 12.9. The van der Waals surface area contributed by atoms with E-state index in [1.54, 1.807) is 7.05 Å². The van der Waals surface area contributed by atoms with Crippen LogP contribution >= 0.6 is 0 Å². The van der Waals surface area contributed by atoms with Crippen LogP contribution in [0, 0.1) is 33.5 Å². The summed E-state index contributed by atoms with van der Waals surface area (Å²) < 4.78 is 1.15. The number of nitroso groups, excluding NO2 is 1. The molecule has 0 aromatic rings. The molecule has 2 aliphatic carbocycles. The fourth-order valence-corrected chi connectivity index (χ4v) is 6.99. The van der Waals surface area contributed by atoms with Crippen LogP contribution in [0.4, 0.5) is 0 Å². The molecule has 7 atom stereocenters. The van der Waals surface area contributed by atoms with Crippen LogP contribution < -0.4 is 5.73 Å². The predicted octanol–water partition coefficient (Wildman–Crippen LogP) is 5.30. The second-order valence-electron chi connectivity index (χ2n) is 11.2. The highest BCUT2D eigenvalue weighted by Crippen LogP contribution is 2.67. The van der Waals surface area contributed by atoms with E-state index in [4.69, 9.17) is 5.73 Å². The van der Waals surface area contributed by atoms with Gasteiger partial charge in [-0.25, -0.2) is 0 Å². The molecule has 4 nitrogen and oxygen atoms in total. The molecule has 0 aromatic carbocycles. The second-order valence-corrected chi connectivity index (χ2v) is 11.2.